The molecule has 0 radical (unpaired) electrons. The number of tetrazole rings is 1. The number of rotatable bonds is 8. The van der Waals surface area contributed by atoms with Crippen molar-refractivity contribution in [1.29, 1.82) is 5.26 Å². The Labute approximate surface area is 236 Å². The van der Waals surface area contributed by atoms with E-state index < -0.39 is 12.2 Å². The lowest BCUT2D eigenvalue weighted by molar-refractivity contribution is -0.117. The van der Waals surface area contributed by atoms with Gasteiger partial charge in [-0.3, -0.25) is 4.79 Å². The quantitative estimate of drug-likeness (QED) is 0.245. The number of aromatic amines is 1. The predicted molar refractivity (Wildman–Crippen MR) is 147 cm³/mol. The van der Waals surface area contributed by atoms with Gasteiger partial charge in [0.1, 0.15) is 23.2 Å². The number of hydrogen-bond acceptors (Lipinski definition) is 11. The first-order valence-corrected chi connectivity index (χ1v) is 12.7. The minimum Gasteiger partial charge on any atom is -0.494 e. The molecule has 1 aromatic carbocycles. The van der Waals surface area contributed by atoms with E-state index in [2.05, 4.69) is 46.0 Å². The summed E-state index contributed by atoms with van der Waals surface area (Å²) in [6, 6.07) is 12.1. The first-order valence-electron chi connectivity index (χ1n) is 12.7. The number of halogens is 2. The summed E-state index contributed by atoms with van der Waals surface area (Å²) in [6.07, 6.45) is -1.74. The molecule has 0 saturated carbocycles. The van der Waals surface area contributed by atoms with Crippen molar-refractivity contribution in [1.82, 2.24) is 40.1 Å². The van der Waals surface area contributed by atoms with Crippen LogP contribution in [0.25, 0.3) is 22.6 Å². The number of alkyl halides is 2. The average Bonchev–Trinajstić information content (AvgIpc) is 3.72. The lowest BCUT2D eigenvalue weighted by Gasteiger charge is -2.17. The van der Waals surface area contributed by atoms with Gasteiger partial charge in [0, 0.05) is 19.0 Å². The molecule has 5 heterocycles. The second kappa shape index (κ2) is 10.7. The SMILES string of the molecule is COc1c(Nc2cc(Nc3ccc(N4CCCC4=O)c(C#N)n3)nc3[nH]c(C(F)F)nc23)cccc1-c1nnn(C)n1. The molecule has 212 valence electrons. The van der Waals surface area contributed by atoms with Crippen molar-refractivity contribution in [3.05, 3.63) is 47.9 Å². The van der Waals surface area contributed by atoms with Gasteiger partial charge < -0.3 is 25.3 Å². The van der Waals surface area contributed by atoms with Crippen LogP contribution in [-0.4, -0.2) is 59.7 Å². The van der Waals surface area contributed by atoms with Gasteiger partial charge in [-0.25, -0.2) is 23.7 Å². The number of nitrogens with one attached hydrogen (secondary N) is 3. The highest BCUT2D eigenvalue weighted by Gasteiger charge is 2.25. The molecule has 0 aliphatic carbocycles. The van der Waals surface area contributed by atoms with E-state index in [1.165, 1.54) is 16.8 Å². The van der Waals surface area contributed by atoms with Crippen LogP contribution in [0.5, 0.6) is 5.75 Å². The largest absolute Gasteiger partial charge is 0.494 e. The number of fused-ring (bicyclic) bond motifs is 1. The number of H-pyrrole nitrogens is 1. The van der Waals surface area contributed by atoms with E-state index in [9.17, 15) is 18.8 Å². The van der Waals surface area contributed by atoms with Crippen LogP contribution in [0.15, 0.2) is 36.4 Å². The molecule has 1 amide bonds. The summed E-state index contributed by atoms with van der Waals surface area (Å²) < 4.78 is 32.8. The maximum atomic E-state index is 13.6. The molecule has 1 fully saturated rings. The van der Waals surface area contributed by atoms with Gasteiger partial charge in [-0.1, -0.05) is 6.07 Å². The Balaban J connectivity index is 1.39. The van der Waals surface area contributed by atoms with E-state index in [-0.39, 0.29) is 34.4 Å². The molecule has 6 rings (SSSR count). The number of imidazole rings is 1. The number of nitriles is 1. The number of para-hydroxylation sites is 1. The molecule has 1 aliphatic heterocycles. The van der Waals surface area contributed by atoms with Gasteiger partial charge in [0.05, 0.1) is 36.8 Å². The summed E-state index contributed by atoms with van der Waals surface area (Å²) in [5, 5.41) is 28.1. The number of ether oxygens (including phenoxy) is 1. The highest BCUT2D eigenvalue weighted by atomic mass is 19.3. The van der Waals surface area contributed by atoms with Crippen LogP contribution in [0.4, 0.5) is 37.5 Å². The van der Waals surface area contributed by atoms with Crippen molar-refractivity contribution in [2.45, 2.75) is 19.3 Å². The lowest BCUT2D eigenvalue weighted by Crippen LogP contribution is -2.25. The van der Waals surface area contributed by atoms with Gasteiger partial charge in [-0.15, -0.1) is 10.2 Å². The fourth-order valence-electron chi connectivity index (χ4n) is 4.70. The summed E-state index contributed by atoms with van der Waals surface area (Å²) in [5.41, 5.74) is 2.10. The number of hydrogen-bond donors (Lipinski definition) is 3. The summed E-state index contributed by atoms with van der Waals surface area (Å²) in [5.74, 6) is 0.593. The lowest BCUT2D eigenvalue weighted by atomic mass is 10.1. The normalized spacial score (nSPS) is 13.1. The fraction of sp³-hybridized carbons (Fsp3) is 0.231. The molecule has 0 spiro atoms. The Morgan fingerprint density at radius 2 is 1.98 bits per heavy atom. The molecule has 16 heteroatoms. The van der Waals surface area contributed by atoms with E-state index in [4.69, 9.17) is 4.74 Å². The second-order valence-electron chi connectivity index (χ2n) is 9.24. The third-order valence-electron chi connectivity index (χ3n) is 6.52. The van der Waals surface area contributed by atoms with Gasteiger partial charge in [0.25, 0.3) is 6.43 Å². The Bertz CT molecular complexity index is 1860. The monoisotopic (exact) mass is 572 g/mol. The van der Waals surface area contributed by atoms with E-state index >= 15 is 0 Å². The Morgan fingerprint density at radius 1 is 1.12 bits per heavy atom. The molecule has 4 aromatic heterocycles. The van der Waals surface area contributed by atoms with E-state index in [1.54, 1.807) is 43.4 Å². The van der Waals surface area contributed by atoms with Crippen LogP contribution in [0.1, 0.15) is 30.8 Å². The molecule has 1 aliphatic rings. The molecule has 0 atom stereocenters. The third-order valence-corrected chi connectivity index (χ3v) is 6.52. The molecular weight excluding hydrogens is 550 g/mol. The summed E-state index contributed by atoms with van der Waals surface area (Å²) >= 11 is 0. The molecule has 0 bridgehead atoms. The minimum atomic E-state index is -2.86. The molecule has 0 unspecified atom stereocenters. The van der Waals surface area contributed by atoms with Crippen molar-refractivity contribution in [2.24, 2.45) is 7.05 Å². The van der Waals surface area contributed by atoms with Crippen LogP contribution in [0.3, 0.4) is 0 Å². The zero-order valence-corrected chi connectivity index (χ0v) is 22.3. The van der Waals surface area contributed by atoms with Crippen molar-refractivity contribution in [3.63, 3.8) is 0 Å². The van der Waals surface area contributed by atoms with Gasteiger partial charge >= 0.3 is 0 Å². The highest BCUT2D eigenvalue weighted by Crippen LogP contribution is 2.38. The van der Waals surface area contributed by atoms with Crippen LogP contribution in [-0.2, 0) is 11.8 Å². The summed E-state index contributed by atoms with van der Waals surface area (Å²) in [6.45, 7) is 0.513. The molecule has 3 N–H and O–H groups in total. The minimum absolute atomic E-state index is 0.0652. The fourth-order valence-corrected chi connectivity index (χ4v) is 4.70. The zero-order chi connectivity index (χ0) is 29.4. The molecule has 42 heavy (non-hydrogen) atoms. The van der Waals surface area contributed by atoms with Crippen molar-refractivity contribution in [3.8, 4) is 23.2 Å². The average molecular weight is 573 g/mol. The zero-order valence-electron chi connectivity index (χ0n) is 22.3. The second-order valence-corrected chi connectivity index (χ2v) is 9.24. The number of amides is 1. The number of benzene rings is 1. The Hall–Kier alpha value is -5.72. The highest BCUT2D eigenvalue weighted by molar-refractivity contribution is 5.96. The number of nitrogens with zero attached hydrogens (tertiary/aromatic N) is 9. The van der Waals surface area contributed by atoms with E-state index in [1.807, 2.05) is 6.07 Å². The van der Waals surface area contributed by atoms with E-state index in [0.29, 0.717) is 53.6 Å². The maximum Gasteiger partial charge on any atom is 0.295 e. The Morgan fingerprint density at radius 3 is 2.67 bits per heavy atom. The van der Waals surface area contributed by atoms with Crippen molar-refractivity contribution < 1.29 is 18.3 Å². The number of methoxy groups -OCH3 is 1. The first-order chi connectivity index (χ1) is 20.3. The van der Waals surface area contributed by atoms with Crippen LogP contribution in [0.2, 0.25) is 0 Å². The molecular formula is C26H22F2N12O2. The first kappa shape index (κ1) is 26.5. The Kier molecular flexibility index (Phi) is 6.74. The van der Waals surface area contributed by atoms with Crippen LogP contribution in [0, 0.1) is 11.3 Å². The summed E-state index contributed by atoms with van der Waals surface area (Å²) in [7, 11) is 3.12. The number of aromatic nitrogens is 8. The van der Waals surface area contributed by atoms with Gasteiger partial charge in [-0.2, -0.15) is 10.1 Å². The smallest absolute Gasteiger partial charge is 0.295 e. The van der Waals surface area contributed by atoms with Gasteiger partial charge in [-0.05, 0) is 35.9 Å². The molecule has 14 nitrogen and oxygen atoms in total. The number of carbonyl (C=O) groups excluding carboxylic acids is 1. The molecule has 5 aromatic rings. The summed E-state index contributed by atoms with van der Waals surface area (Å²) in [4.78, 5) is 30.4. The number of pyridine rings is 2. The van der Waals surface area contributed by atoms with Gasteiger partial charge in [0.2, 0.25) is 11.7 Å². The third kappa shape index (κ3) is 4.87. The maximum absolute atomic E-state index is 13.6. The number of aryl methyl sites for hydroxylation is 1. The topological polar surface area (TPSA) is 175 Å². The van der Waals surface area contributed by atoms with Crippen LogP contribution >= 0.6 is 0 Å². The predicted octanol–water partition coefficient (Wildman–Crippen LogP) is 3.98. The standard InChI is InChI=1S/C26H22F2N12O2/c1-39-37-24(36-38-39)13-5-3-6-14(22(13)42-2)30-15-11-19(33-25-21(15)34-26(35-25)23(27)28)32-18-9-8-17(16(12-29)31-18)40-10-4-7-20(40)41/h3,5-6,8-9,11,23H,4,7,10H2,1-2H3,(H3,30,31,32,33,34,35). The molecule has 1 saturated heterocycles. The van der Waals surface area contributed by atoms with Crippen LogP contribution < -0.4 is 20.3 Å². The number of carbonyl (C=O) groups is 1. The van der Waals surface area contributed by atoms with Crippen molar-refractivity contribution >= 4 is 45.8 Å². The van der Waals surface area contributed by atoms with Crippen molar-refractivity contribution in [2.75, 3.05) is 29.2 Å². The van der Waals surface area contributed by atoms with Gasteiger partial charge in [0.15, 0.2) is 22.9 Å². The number of anilines is 5. The van der Waals surface area contributed by atoms with E-state index in [0.717, 1.165) is 0 Å².